The number of hydrogen-bond donors (Lipinski definition) is 2. The van der Waals surface area contributed by atoms with Crippen molar-refractivity contribution in [2.24, 2.45) is 5.73 Å². The number of halogens is 1. The van der Waals surface area contributed by atoms with E-state index in [0.29, 0.717) is 6.54 Å². The highest BCUT2D eigenvalue weighted by atomic mass is 35.5. The Hall–Kier alpha value is -2.01. The quantitative estimate of drug-likeness (QED) is 0.879. The summed E-state index contributed by atoms with van der Waals surface area (Å²) < 4.78 is 1.67. The summed E-state index contributed by atoms with van der Waals surface area (Å²) in [6, 6.07) is 7.93. The van der Waals surface area contributed by atoms with E-state index in [2.05, 4.69) is 4.98 Å². The van der Waals surface area contributed by atoms with Gasteiger partial charge in [0, 0.05) is 6.54 Å². The number of primary amides is 1. The van der Waals surface area contributed by atoms with Crippen molar-refractivity contribution in [2.75, 3.05) is 5.73 Å². The lowest BCUT2D eigenvalue weighted by Gasteiger charge is -2.08. The molecule has 0 saturated heterocycles. The number of rotatable bonds is 3. The first-order valence-corrected chi connectivity index (χ1v) is 5.24. The number of benzene rings is 1. The van der Waals surface area contributed by atoms with Crippen LogP contribution in [0.15, 0.2) is 30.6 Å². The van der Waals surface area contributed by atoms with Gasteiger partial charge in [-0.2, -0.15) is 0 Å². The fourth-order valence-corrected chi connectivity index (χ4v) is 1.76. The molecule has 0 aliphatic heterocycles. The van der Waals surface area contributed by atoms with Gasteiger partial charge in [0.15, 0.2) is 11.5 Å². The van der Waals surface area contributed by atoms with Crippen LogP contribution in [0.25, 0.3) is 0 Å². The number of aryl methyl sites for hydroxylation is 1. The van der Waals surface area contributed by atoms with Crippen molar-refractivity contribution in [1.82, 2.24) is 9.55 Å². The third-order valence-electron chi connectivity index (χ3n) is 2.70. The second-order valence-electron chi connectivity index (χ2n) is 3.90. The monoisotopic (exact) mass is 266 g/mol. The zero-order valence-corrected chi connectivity index (χ0v) is 10.8. The number of hydrogen-bond acceptors (Lipinski definition) is 3. The van der Waals surface area contributed by atoms with Gasteiger partial charge < -0.3 is 16.0 Å². The summed E-state index contributed by atoms with van der Waals surface area (Å²) in [5.74, 6) is -0.389. The van der Waals surface area contributed by atoms with E-state index in [4.69, 9.17) is 11.5 Å². The van der Waals surface area contributed by atoms with E-state index in [9.17, 15) is 4.79 Å². The molecule has 4 N–H and O–H groups in total. The number of amides is 1. The van der Waals surface area contributed by atoms with Crippen molar-refractivity contribution in [1.29, 1.82) is 0 Å². The molecule has 1 heterocycles. The fourth-order valence-electron chi connectivity index (χ4n) is 1.76. The molecule has 0 fully saturated rings. The zero-order chi connectivity index (χ0) is 12.4. The predicted octanol–water partition coefficient (Wildman–Crippen LogP) is 1.34. The van der Waals surface area contributed by atoms with Gasteiger partial charge in [-0.1, -0.05) is 24.3 Å². The van der Waals surface area contributed by atoms with Crippen LogP contribution < -0.4 is 11.5 Å². The van der Waals surface area contributed by atoms with E-state index >= 15 is 0 Å². The second-order valence-corrected chi connectivity index (χ2v) is 3.90. The summed E-state index contributed by atoms with van der Waals surface area (Å²) in [7, 11) is 0. The van der Waals surface area contributed by atoms with Gasteiger partial charge in [-0.3, -0.25) is 4.79 Å². The Morgan fingerprint density at radius 2 is 2.06 bits per heavy atom. The Bertz CT molecular complexity index is 565. The average Bonchev–Trinajstić information content (AvgIpc) is 2.63. The number of nitrogens with two attached hydrogens (primary N) is 2. The van der Waals surface area contributed by atoms with Crippen LogP contribution in [-0.2, 0) is 6.54 Å². The molecule has 0 unspecified atom stereocenters. The molecule has 2 aromatic rings. The SMILES string of the molecule is Cc1ccccc1Cn1cnc(N)c1C(N)=O.Cl. The van der Waals surface area contributed by atoms with E-state index in [1.165, 1.54) is 6.33 Å². The molecule has 96 valence electrons. The summed E-state index contributed by atoms with van der Waals surface area (Å²) >= 11 is 0. The maximum absolute atomic E-state index is 11.3. The lowest BCUT2D eigenvalue weighted by Crippen LogP contribution is -2.18. The molecule has 0 bridgehead atoms. The first-order valence-electron chi connectivity index (χ1n) is 5.24. The Morgan fingerprint density at radius 3 is 2.67 bits per heavy atom. The highest BCUT2D eigenvalue weighted by molar-refractivity contribution is 5.95. The Kier molecular flexibility index (Phi) is 4.33. The lowest BCUT2D eigenvalue weighted by atomic mass is 10.1. The number of anilines is 1. The average molecular weight is 267 g/mol. The molecule has 1 amide bonds. The highest BCUT2D eigenvalue weighted by Gasteiger charge is 2.14. The fraction of sp³-hybridized carbons (Fsp3) is 0.167. The van der Waals surface area contributed by atoms with Gasteiger partial charge in [0.05, 0.1) is 6.33 Å². The smallest absolute Gasteiger partial charge is 0.269 e. The number of aromatic nitrogens is 2. The second kappa shape index (κ2) is 5.55. The van der Waals surface area contributed by atoms with E-state index < -0.39 is 5.91 Å². The maximum Gasteiger partial charge on any atom is 0.269 e. The van der Waals surface area contributed by atoms with Gasteiger partial charge in [0.2, 0.25) is 0 Å². The van der Waals surface area contributed by atoms with Crippen molar-refractivity contribution in [3.63, 3.8) is 0 Å². The van der Waals surface area contributed by atoms with Crippen molar-refractivity contribution >= 4 is 24.1 Å². The highest BCUT2D eigenvalue weighted by Crippen LogP contribution is 2.14. The lowest BCUT2D eigenvalue weighted by molar-refractivity contribution is 0.0993. The van der Waals surface area contributed by atoms with Gasteiger partial charge in [-0.05, 0) is 18.1 Å². The molecule has 6 heteroatoms. The van der Waals surface area contributed by atoms with E-state index in [1.54, 1.807) is 4.57 Å². The largest absolute Gasteiger partial charge is 0.382 e. The minimum atomic E-state index is -0.561. The van der Waals surface area contributed by atoms with Crippen LogP contribution in [0.2, 0.25) is 0 Å². The summed E-state index contributed by atoms with van der Waals surface area (Å²) in [5, 5.41) is 0. The molecule has 5 nitrogen and oxygen atoms in total. The molecular formula is C12H15ClN4O. The molecule has 0 spiro atoms. The van der Waals surface area contributed by atoms with Crippen LogP contribution in [0.4, 0.5) is 5.82 Å². The zero-order valence-electron chi connectivity index (χ0n) is 9.96. The van der Waals surface area contributed by atoms with Gasteiger partial charge in [-0.25, -0.2) is 4.98 Å². The predicted molar refractivity (Wildman–Crippen MR) is 72.7 cm³/mol. The van der Waals surface area contributed by atoms with Gasteiger partial charge in [0.25, 0.3) is 5.91 Å². The molecule has 1 aromatic heterocycles. The van der Waals surface area contributed by atoms with Crippen LogP contribution in [0.3, 0.4) is 0 Å². The summed E-state index contributed by atoms with van der Waals surface area (Å²) in [6.45, 7) is 2.55. The van der Waals surface area contributed by atoms with Crippen LogP contribution in [-0.4, -0.2) is 15.5 Å². The number of nitrogen functional groups attached to an aromatic ring is 1. The van der Waals surface area contributed by atoms with Crippen molar-refractivity contribution in [3.05, 3.63) is 47.4 Å². The van der Waals surface area contributed by atoms with Crippen LogP contribution in [0, 0.1) is 6.92 Å². The minimum absolute atomic E-state index is 0. The summed E-state index contributed by atoms with van der Waals surface area (Å²) in [6.07, 6.45) is 1.53. The first-order chi connectivity index (χ1) is 8.09. The van der Waals surface area contributed by atoms with Crippen molar-refractivity contribution in [3.8, 4) is 0 Å². The number of nitrogens with zero attached hydrogens (tertiary/aromatic N) is 2. The molecule has 0 atom stereocenters. The van der Waals surface area contributed by atoms with Crippen molar-refractivity contribution < 1.29 is 4.79 Å². The maximum atomic E-state index is 11.3. The Labute approximate surface area is 111 Å². The van der Waals surface area contributed by atoms with Gasteiger partial charge in [-0.15, -0.1) is 12.4 Å². The standard InChI is InChI=1S/C12H14N4O.ClH/c1-8-4-2-3-5-9(8)6-16-7-15-11(13)10(16)12(14)17;/h2-5,7H,6,13H2,1H3,(H2,14,17);1H. The number of imidazole rings is 1. The topological polar surface area (TPSA) is 86.9 Å². The molecule has 1 aromatic carbocycles. The van der Waals surface area contributed by atoms with Crippen LogP contribution in [0.5, 0.6) is 0 Å². The van der Waals surface area contributed by atoms with E-state index in [0.717, 1.165) is 11.1 Å². The molecular weight excluding hydrogens is 252 g/mol. The Morgan fingerprint density at radius 1 is 1.39 bits per heavy atom. The molecule has 2 rings (SSSR count). The van der Waals surface area contributed by atoms with Gasteiger partial charge >= 0.3 is 0 Å². The number of carbonyl (C=O) groups is 1. The Balaban J connectivity index is 0.00000162. The molecule has 0 aliphatic carbocycles. The molecule has 18 heavy (non-hydrogen) atoms. The van der Waals surface area contributed by atoms with E-state index in [1.807, 2.05) is 31.2 Å². The van der Waals surface area contributed by atoms with Crippen molar-refractivity contribution in [2.45, 2.75) is 13.5 Å². The normalized spacial score (nSPS) is 9.83. The van der Waals surface area contributed by atoms with Gasteiger partial charge in [0.1, 0.15) is 0 Å². The third kappa shape index (κ3) is 2.62. The van der Waals surface area contributed by atoms with Crippen LogP contribution >= 0.6 is 12.4 Å². The summed E-state index contributed by atoms with van der Waals surface area (Å²) in [4.78, 5) is 15.2. The molecule has 0 aliphatic rings. The third-order valence-corrected chi connectivity index (χ3v) is 2.70. The first kappa shape index (κ1) is 14.1. The van der Waals surface area contributed by atoms with E-state index in [-0.39, 0.29) is 23.9 Å². The number of carbonyl (C=O) groups excluding carboxylic acids is 1. The summed E-state index contributed by atoms with van der Waals surface area (Å²) in [5.41, 5.74) is 13.4. The molecule has 0 saturated carbocycles. The molecule has 0 radical (unpaired) electrons. The minimum Gasteiger partial charge on any atom is -0.382 e. The van der Waals surface area contributed by atoms with Crippen LogP contribution in [0.1, 0.15) is 21.6 Å².